The first-order valence-electron chi connectivity index (χ1n) is 6.30. The Balaban J connectivity index is 2.20. The number of nitrogens with zero attached hydrogens (tertiary/aromatic N) is 1. The van der Waals surface area contributed by atoms with E-state index in [1.54, 1.807) is 31.2 Å². The van der Waals surface area contributed by atoms with Crippen molar-refractivity contribution in [2.45, 2.75) is 17.9 Å². The molecule has 0 radical (unpaired) electrons. The largest absolute Gasteiger partial charge is 0.399 e. The molecule has 0 fully saturated rings. The van der Waals surface area contributed by atoms with Crippen molar-refractivity contribution in [1.29, 1.82) is 5.26 Å². The molecule has 0 spiro atoms. The maximum absolute atomic E-state index is 12.3. The summed E-state index contributed by atoms with van der Waals surface area (Å²) in [4.78, 5) is 0.129. The Morgan fingerprint density at radius 2 is 1.67 bits per heavy atom. The van der Waals surface area contributed by atoms with Gasteiger partial charge in [-0.15, -0.1) is 0 Å². The molecule has 2 rings (SSSR count). The van der Waals surface area contributed by atoms with Gasteiger partial charge in [0.2, 0.25) is 10.0 Å². The lowest BCUT2D eigenvalue weighted by atomic mass is 10.1. The predicted octanol–water partition coefficient (Wildman–Crippen LogP) is 2.18. The zero-order chi connectivity index (χ0) is 15.5. The van der Waals surface area contributed by atoms with E-state index in [1.807, 2.05) is 6.07 Å². The smallest absolute Gasteiger partial charge is 0.241 e. The van der Waals surface area contributed by atoms with Crippen molar-refractivity contribution >= 4 is 15.7 Å². The number of nitriles is 1. The number of anilines is 1. The van der Waals surface area contributed by atoms with Gasteiger partial charge in [0, 0.05) is 11.7 Å². The van der Waals surface area contributed by atoms with Crippen molar-refractivity contribution in [2.75, 3.05) is 5.73 Å². The highest BCUT2D eigenvalue weighted by Crippen LogP contribution is 2.18. The van der Waals surface area contributed by atoms with Gasteiger partial charge in [-0.3, -0.25) is 0 Å². The van der Waals surface area contributed by atoms with Crippen LogP contribution in [0.4, 0.5) is 5.69 Å². The average molecular weight is 301 g/mol. The highest BCUT2D eigenvalue weighted by Gasteiger charge is 2.18. The molecule has 0 saturated heterocycles. The van der Waals surface area contributed by atoms with Crippen LogP contribution in [0, 0.1) is 11.3 Å². The third-order valence-corrected chi connectivity index (χ3v) is 4.62. The maximum atomic E-state index is 12.3. The van der Waals surface area contributed by atoms with E-state index < -0.39 is 10.0 Å². The third kappa shape index (κ3) is 3.60. The quantitative estimate of drug-likeness (QED) is 0.846. The van der Waals surface area contributed by atoms with Crippen LogP contribution in [-0.2, 0) is 10.0 Å². The van der Waals surface area contributed by atoms with Gasteiger partial charge in [-0.25, -0.2) is 13.1 Å². The molecule has 0 aromatic heterocycles. The van der Waals surface area contributed by atoms with E-state index in [9.17, 15) is 8.42 Å². The molecule has 5 nitrogen and oxygen atoms in total. The summed E-state index contributed by atoms with van der Waals surface area (Å²) in [6, 6.07) is 14.3. The Morgan fingerprint density at radius 3 is 2.19 bits per heavy atom. The molecule has 3 N–H and O–H groups in total. The Hall–Kier alpha value is -2.36. The van der Waals surface area contributed by atoms with E-state index in [-0.39, 0.29) is 10.9 Å². The summed E-state index contributed by atoms with van der Waals surface area (Å²) in [5.74, 6) is 0. The predicted molar refractivity (Wildman–Crippen MR) is 80.7 cm³/mol. The molecular formula is C15H15N3O2S. The molecular weight excluding hydrogens is 286 g/mol. The fraction of sp³-hybridized carbons (Fsp3) is 0.133. The summed E-state index contributed by atoms with van der Waals surface area (Å²) >= 11 is 0. The van der Waals surface area contributed by atoms with Gasteiger partial charge in [0.1, 0.15) is 0 Å². The minimum absolute atomic E-state index is 0.129. The number of rotatable bonds is 4. The molecule has 0 heterocycles. The van der Waals surface area contributed by atoms with Gasteiger partial charge in [-0.2, -0.15) is 5.26 Å². The first kappa shape index (κ1) is 15.0. The minimum Gasteiger partial charge on any atom is -0.399 e. The van der Waals surface area contributed by atoms with Gasteiger partial charge in [0.25, 0.3) is 0 Å². The maximum Gasteiger partial charge on any atom is 0.241 e. The Morgan fingerprint density at radius 1 is 1.10 bits per heavy atom. The summed E-state index contributed by atoms with van der Waals surface area (Å²) < 4.78 is 27.1. The zero-order valence-electron chi connectivity index (χ0n) is 11.4. The Labute approximate surface area is 124 Å². The lowest BCUT2D eigenvalue weighted by Crippen LogP contribution is -2.26. The average Bonchev–Trinajstić information content (AvgIpc) is 2.47. The van der Waals surface area contributed by atoms with E-state index in [2.05, 4.69) is 4.72 Å². The summed E-state index contributed by atoms with van der Waals surface area (Å²) in [6.45, 7) is 1.76. The van der Waals surface area contributed by atoms with Gasteiger partial charge in [-0.05, 0) is 48.9 Å². The lowest BCUT2D eigenvalue weighted by Gasteiger charge is -2.15. The van der Waals surface area contributed by atoms with Gasteiger partial charge in [0.15, 0.2) is 0 Å². The molecule has 0 bridgehead atoms. The fourth-order valence-electron chi connectivity index (χ4n) is 1.86. The van der Waals surface area contributed by atoms with Crippen LogP contribution in [0.5, 0.6) is 0 Å². The van der Waals surface area contributed by atoms with E-state index in [4.69, 9.17) is 11.0 Å². The SMILES string of the molecule is CC(NS(=O)(=O)c1ccc(C#N)cc1)c1ccc(N)cc1. The number of benzene rings is 2. The van der Waals surface area contributed by atoms with E-state index in [1.165, 1.54) is 24.3 Å². The number of hydrogen-bond acceptors (Lipinski definition) is 4. The number of hydrogen-bond donors (Lipinski definition) is 2. The summed E-state index contributed by atoms with van der Waals surface area (Å²) in [7, 11) is -3.63. The van der Waals surface area contributed by atoms with Crippen LogP contribution in [0.15, 0.2) is 53.4 Å². The zero-order valence-corrected chi connectivity index (χ0v) is 12.3. The third-order valence-electron chi connectivity index (χ3n) is 3.06. The van der Waals surface area contributed by atoms with Crippen molar-refractivity contribution in [2.24, 2.45) is 0 Å². The van der Waals surface area contributed by atoms with Crippen molar-refractivity contribution in [3.8, 4) is 6.07 Å². The Bertz CT molecular complexity index is 760. The fourth-order valence-corrected chi connectivity index (χ4v) is 3.09. The highest BCUT2D eigenvalue weighted by molar-refractivity contribution is 7.89. The monoisotopic (exact) mass is 301 g/mol. The van der Waals surface area contributed by atoms with Crippen LogP contribution in [0.3, 0.4) is 0 Å². The second-order valence-corrected chi connectivity index (χ2v) is 6.36. The van der Waals surface area contributed by atoms with Crippen LogP contribution in [0.2, 0.25) is 0 Å². The van der Waals surface area contributed by atoms with Crippen LogP contribution in [0.1, 0.15) is 24.1 Å². The molecule has 0 aliphatic heterocycles. The molecule has 0 aliphatic carbocycles. The second kappa shape index (κ2) is 5.95. The topological polar surface area (TPSA) is 96.0 Å². The van der Waals surface area contributed by atoms with Gasteiger partial charge >= 0.3 is 0 Å². The summed E-state index contributed by atoms with van der Waals surface area (Å²) in [5, 5.41) is 8.72. The summed E-state index contributed by atoms with van der Waals surface area (Å²) in [5.41, 5.74) is 7.47. The van der Waals surface area contributed by atoms with E-state index >= 15 is 0 Å². The molecule has 6 heteroatoms. The van der Waals surface area contributed by atoms with Crippen molar-refractivity contribution in [1.82, 2.24) is 4.72 Å². The standard InChI is InChI=1S/C15H15N3O2S/c1-11(13-4-6-14(17)7-5-13)18-21(19,20)15-8-2-12(10-16)3-9-15/h2-9,11,18H,17H2,1H3. The lowest BCUT2D eigenvalue weighted by molar-refractivity contribution is 0.567. The molecule has 0 saturated carbocycles. The minimum atomic E-state index is -3.63. The first-order chi connectivity index (χ1) is 9.92. The van der Waals surface area contributed by atoms with Crippen molar-refractivity contribution in [3.63, 3.8) is 0 Å². The van der Waals surface area contributed by atoms with Gasteiger partial charge < -0.3 is 5.73 Å². The molecule has 1 unspecified atom stereocenters. The first-order valence-corrected chi connectivity index (χ1v) is 7.78. The molecule has 1 atom stereocenters. The molecule has 0 amide bonds. The highest BCUT2D eigenvalue weighted by atomic mass is 32.2. The van der Waals surface area contributed by atoms with Crippen LogP contribution >= 0.6 is 0 Å². The molecule has 108 valence electrons. The molecule has 2 aromatic rings. The normalized spacial score (nSPS) is 12.6. The number of sulfonamides is 1. The molecule has 2 aromatic carbocycles. The molecule has 21 heavy (non-hydrogen) atoms. The van der Waals surface area contributed by atoms with Crippen LogP contribution < -0.4 is 10.5 Å². The second-order valence-electron chi connectivity index (χ2n) is 4.65. The molecule has 0 aliphatic rings. The number of nitrogen functional groups attached to an aromatic ring is 1. The number of nitrogens with one attached hydrogen (secondary N) is 1. The van der Waals surface area contributed by atoms with Gasteiger partial charge in [0.05, 0.1) is 16.5 Å². The van der Waals surface area contributed by atoms with Crippen molar-refractivity contribution in [3.05, 3.63) is 59.7 Å². The van der Waals surface area contributed by atoms with Crippen molar-refractivity contribution < 1.29 is 8.42 Å². The van der Waals surface area contributed by atoms with E-state index in [0.29, 0.717) is 11.3 Å². The van der Waals surface area contributed by atoms with Crippen LogP contribution in [-0.4, -0.2) is 8.42 Å². The number of nitrogens with two attached hydrogens (primary N) is 1. The van der Waals surface area contributed by atoms with Gasteiger partial charge in [-0.1, -0.05) is 12.1 Å². The summed E-state index contributed by atoms with van der Waals surface area (Å²) in [6.07, 6.45) is 0. The Kier molecular flexibility index (Phi) is 4.26. The van der Waals surface area contributed by atoms with E-state index in [0.717, 1.165) is 5.56 Å². The van der Waals surface area contributed by atoms with Crippen LogP contribution in [0.25, 0.3) is 0 Å².